The summed E-state index contributed by atoms with van der Waals surface area (Å²) in [6, 6.07) is 0.707. The lowest BCUT2D eigenvalue weighted by Gasteiger charge is -2.12. The molecule has 1 aliphatic rings. The maximum absolute atomic E-state index is 11.5. The maximum Gasteiger partial charge on any atom is 0.222 e. The number of amides is 1. The van der Waals surface area contributed by atoms with Gasteiger partial charge in [-0.1, -0.05) is 19.8 Å². The van der Waals surface area contributed by atoms with Crippen molar-refractivity contribution >= 4 is 11.9 Å². The largest absolute Gasteiger partial charge is 0.370 e. The Hall–Kier alpha value is -1.26. The van der Waals surface area contributed by atoms with Crippen LogP contribution < -0.4 is 16.4 Å². The molecular formula is C13H26N4O. The Bertz CT molecular complexity index is 285. The summed E-state index contributed by atoms with van der Waals surface area (Å²) in [5.41, 5.74) is 5.77. The minimum atomic E-state index is 0.0433. The number of hydrogen-bond acceptors (Lipinski definition) is 2. The third-order valence-electron chi connectivity index (χ3n) is 3.35. The quantitative estimate of drug-likeness (QED) is 0.491. The second-order valence-electron chi connectivity index (χ2n) is 5.02. The fourth-order valence-electron chi connectivity index (χ4n) is 2.05. The molecule has 0 radical (unpaired) electrons. The molecular weight excluding hydrogens is 228 g/mol. The molecule has 0 saturated heterocycles. The zero-order valence-electron chi connectivity index (χ0n) is 11.5. The molecule has 0 heterocycles. The van der Waals surface area contributed by atoms with Crippen LogP contribution in [0.1, 0.15) is 52.4 Å². The van der Waals surface area contributed by atoms with Gasteiger partial charge in [-0.2, -0.15) is 0 Å². The lowest BCUT2D eigenvalue weighted by molar-refractivity contribution is -0.121. The SMILES string of the molecule is CCC(C)NC(=O)CCN=C(N)NC1CCCC1. The van der Waals surface area contributed by atoms with E-state index in [4.69, 9.17) is 5.73 Å². The van der Waals surface area contributed by atoms with Gasteiger partial charge < -0.3 is 16.4 Å². The topological polar surface area (TPSA) is 79.5 Å². The van der Waals surface area contributed by atoms with Crippen LogP contribution in [-0.4, -0.2) is 30.5 Å². The van der Waals surface area contributed by atoms with E-state index in [1.807, 2.05) is 13.8 Å². The molecule has 1 amide bonds. The van der Waals surface area contributed by atoms with Crippen molar-refractivity contribution in [3.63, 3.8) is 0 Å². The van der Waals surface area contributed by atoms with Gasteiger partial charge in [0.2, 0.25) is 5.91 Å². The summed E-state index contributed by atoms with van der Waals surface area (Å²) in [4.78, 5) is 15.7. The zero-order valence-corrected chi connectivity index (χ0v) is 11.5. The van der Waals surface area contributed by atoms with Gasteiger partial charge in [0.15, 0.2) is 5.96 Å². The molecule has 0 aromatic rings. The Kier molecular flexibility index (Phi) is 6.54. The van der Waals surface area contributed by atoms with Crippen molar-refractivity contribution in [1.82, 2.24) is 10.6 Å². The van der Waals surface area contributed by atoms with Gasteiger partial charge in [-0.05, 0) is 26.2 Å². The third kappa shape index (κ3) is 5.89. The molecule has 0 aromatic carbocycles. The summed E-state index contributed by atoms with van der Waals surface area (Å²) in [5, 5.41) is 6.11. The Morgan fingerprint density at radius 1 is 1.44 bits per heavy atom. The van der Waals surface area contributed by atoms with E-state index in [1.165, 1.54) is 25.7 Å². The second kappa shape index (κ2) is 7.95. The number of carbonyl (C=O) groups excluding carboxylic acids is 1. The van der Waals surface area contributed by atoms with Gasteiger partial charge in [0.1, 0.15) is 0 Å². The van der Waals surface area contributed by atoms with Crippen molar-refractivity contribution in [2.24, 2.45) is 10.7 Å². The highest BCUT2D eigenvalue weighted by molar-refractivity contribution is 5.79. The molecule has 0 bridgehead atoms. The number of nitrogens with zero attached hydrogens (tertiary/aromatic N) is 1. The van der Waals surface area contributed by atoms with E-state index < -0.39 is 0 Å². The van der Waals surface area contributed by atoms with Crippen LogP contribution >= 0.6 is 0 Å². The summed E-state index contributed by atoms with van der Waals surface area (Å²) < 4.78 is 0. The predicted molar refractivity (Wildman–Crippen MR) is 74.4 cm³/mol. The van der Waals surface area contributed by atoms with Crippen LogP contribution in [0.4, 0.5) is 0 Å². The Morgan fingerprint density at radius 3 is 2.72 bits per heavy atom. The first kappa shape index (κ1) is 14.8. The minimum absolute atomic E-state index is 0.0433. The normalized spacial score (nSPS) is 18.7. The summed E-state index contributed by atoms with van der Waals surface area (Å²) in [6.07, 6.45) is 6.22. The molecule has 1 saturated carbocycles. The van der Waals surface area contributed by atoms with Crippen molar-refractivity contribution in [2.75, 3.05) is 6.54 Å². The molecule has 0 aliphatic heterocycles. The molecule has 5 nitrogen and oxygen atoms in total. The molecule has 1 aliphatic carbocycles. The van der Waals surface area contributed by atoms with Crippen LogP contribution in [0.3, 0.4) is 0 Å². The minimum Gasteiger partial charge on any atom is -0.370 e. The van der Waals surface area contributed by atoms with Crippen molar-refractivity contribution in [1.29, 1.82) is 0 Å². The van der Waals surface area contributed by atoms with Crippen LogP contribution in [-0.2, 0) is 4.79 Å². The first-order valence-corrected chi connectivity index (χ1v) is 6.97. The van der Waals surface area contributed by atoms with E-state index >= 15 is 0 Å². The third-order valence-corrected chi connectivity index (χ3v) is 3.35. The van der Waals surface area contributed by atoms with Crippen LogP contribution in [0.2, 0.25) is 0 Å². The molecule has 4 N–H and O–H groups in total. The first-order valence-electron chi connectivity index (χ1n) is 6.97. The molecule has 1 fully saturated rings. The number of guanidine groups is 1. The summed E-state index contributed by atoms with van der Waals surface area (Å²) >= 11 is 0. The van der Waals surface area contributed by atoms with E-state index in [9.17, 15) is 4.79 Å². The van der Waals surface area contributed by atoms with Gasteiger partial charge in [0.25, 0.3) is 0 Å². The average Bonchev–Trinajstić information content (AvgIpc) is 2.81. The van der Waals surface area contributed by atoms with Gasteiger partial charge >= 0.3 is 0 Å². The van der Waals surface area contributed by atoms with Crippen molar-refractivity contribution < 1.29 is 4.79 Å². The van der Waals surface area contributed by atoms with Crippen molar-refractivity contribution in [3.05, 3.63) is 0 Å². The van der Waals surface area contributed by atoms with E-state index in [1.54, 1.807) is 0 Å². The van der Waals surface area contributed by atoms with Crippen LogP contribution in [0.25, 0.3) is 0 Å². The summed E-state index contributed by atoms with van der Waals surface area (Å²) in [6.45, 7) is 4.50. The highest BCUT2D eigenvalue weighted by Crippen LogP contribution is 2.17. The molecule has 104 valence electrons. The highest BCUT2D eigenvalue weighted by atomic mass is 16.1. The van der Waals surface area contributed by atoms with Crippen LogP contribution in [0, 0.1) is 0 Å². The number of hydrogen-bond donors (Lipinski definition) is 3. The molecule has 1 rings (SSSR count). The number of rotatable bonds is 6. The van der Waals surface area contributed by atoms with Gasteiger partial charge in [0, 0.05) is 18.5 Å². The molecule has 5 heteroatoms. The standard InChI is InChI=1S/C13H26N4O/c1-3-10(2)16-12(18)8-9-15-13(14)17-11-6-4-5-7-11/h10-11H,3-9H2,1-2H3,(H,16,18)(H3,14,15,17). The second-order valence-corrected chi connectivity index (χ2v) is 5.02. The molecule has 1 atom stereocenters. The Morgan fingerprint density at radius 2 is 2.11 bits per heavy atom. The predicted octanol–water partition coefficient (Wildman–Crippen LogP) is 1.14. The smallest absolute Gasteiger partial charge is 0.222 e. The van der Waals surface area contributed by atoms with Crippen LogP contribution in [0.15, 0.2) is 4.99 Å². The fourth-order valence-corrected chi connectivity index (χ4v) is 2.05. The van der Waals surface area contributed by atoms with Gasteiger partial charge in [0.05, 0.1) is 6.54 Å². The summed E-state index contributed by atoms with van der Waals surface area (Å²) in [5.74, 6) is 0.514. The first-order chi connectivity index (χ1) is 8.61. The zero-order chi connectivity index (χ0) is 13.4. The lowest BCUT2D eigenvalue weighted by atomic mass is 10.2. The maximum atomic E-state index is 11.5. The van der Waals surface area contributed by atoms with E-state index in [0.717, 1.165) is 6.42 Å². The van der Waals surface area contributed by atoms with Gasteiger partial charge in [-0.15, -0.1) is 0 Å². The summed E-state index contributed by atoms with van der Waals surface area (Å²) in [7, 11) is 0. The van der Waals surface area contributed by atoms with Crippen molar-refractivity contribution in [2.45, 2.75) is 64.5 Å². The molecule has 0 spiro atoms. The van der Waals surface area contributed by atoms with E-state index in [2.05, 4.69) is 15.6 Å². The number of nitrogens with two attached hydrogens (primary N) is 1. The van der Waals surface area contributed by atoms with E-state index in [0.29, 0.717) is 25.0 Å². The number of carbonyl (C=O) groups is 1. The highest BCUT2D eigenvalue weighted by Gasteiger charge is 2.14. The van der Waals surface area contributed by atoms with Gasteiger partial charge in [-0.3, -0.25) is 9.79 Å². The van der Waals surface area contributed by atoms with Crippen molar-refractivity contribution in [3.8, 4) is 0 Å². The Labute approximate surface area is 110 Å². The number of aliphatic imine (C=N–C) groups is 1. The molecule has 18 heavy (non-hydrogen) atoms. The Balaban J connectivity index is 2.16. The van der Waals surface area contributed by atoms with Crippen LogP contribution in [0.5, 0.6) is 0 Å². The monoisotopic (exact) mass is 254 g/mol. The van der Waals surface area contributed by atoms with E-state index in [-0.39, 0.29) is 11.9 Å². The number of nitrogens with one attached hydrogen (secondary N) is 2. The molecule has 0 aromatic heterocycles. The van der Waals surface area contributed by atoms with Gasteiger partial charge in [-0.25, -0.2) is 0 Å². The fraction of sp³-hybridized carbons (Fsp3) is 0.846. The molecule has 1 unspecified atom stereocenters. The average molecular weight is 254 g/mol. The lowest BCUT2D eigenvalue weighted by Crippen LogP contribution is -2.39.